The van der Waals surface area contributed by atoms with Crippen molar-refractivity contribution in [3.05, 3.63) is 28.3 Å². The quantitative estimate of drug-likeness (QED) is 0.677. The number of benzene rings is 1. The lowest BCUT2D eigenvalue weighted by atomic mass is 10.1. The van der Waals surface area contributed by atoms with E-state index in [0.29, 0.717) is 10.6 Å². The zero-order chi connectivity index (χ0) is 8.43. The second-order valence-corrected chi connectivity index (χ2v) is 2.86. The molecule has 0 fully saturated rings. The van der Waals surface area contributed by atoms with Crippen molar-refractivity contribution in [1.82, 2.24) is 0 Å². The van der Waals surface area contributed by atoms with Gasteiger partial charge >= 0.3 is 0 Å². The van der Waals surface area contributed by atoms with Crippen LogP contribution in [0, 0.1) is 6.92 Å². The predicted octanol–water partition coefficient (Wildman–Crippen LogP) is 1.81. The number of phenolic OH excluding ortho intramolecular Hbond substituents is 1. The Morgan fingerprint density at radius 2 is 2.18 bits per heavy atom. The fraction of sp³-hybridized carbons (Fsp3) is 0.250. The Morgan fingerprint density at radius 3 is 2.64 bits per heavy atom. The normalized spacial score (nSPS) is 10.1. The van der Waals surface area contributed by atoms with Crippen LogP contribution in [-0.2, 0) is 6.54 Å². The predicted molar refractivity (Wildman–Crippen MR) is 45.7 cm³/mol. The minimum Gasteiger partial charge on any atom is -0.508 e. The molecule has 2 nitrogen and oxygen atoms in total. The van der Waals surface area contributed by atoms with Gasteiger partial charge in [0.25, 0.3) is 0 Å². The third-order valence-electron chi connectivity index (χ3n) is 1.52. The largest absolute Gasteiger partial charge is 0.508 e. The maximum Gasteiger partial charge on any atom is 0.121 e. The van der Waals surface area contributed by atoms with Crippen molar-refractivity contribution in [2.45, 2.75) is 13.5 Å². The van der Waals surface area contributed by atoms with Gasteiger partial charge in [0, 0.05) is 17.1 Å². The van der Waals surface area contributed by atoms with Crippen molar-refractivity contribution in [2.75, 3.05) is 0 Å². The van der Waals surface area contributed by atoms with Gasteiger partial charge in [-0.15, -0.1) is 0 Å². The summed E-state index contributed by atoms with van der Waals surface area (Å²) in [6, 6.07) is 3.43. The Labute approximate surface area is 70.6 Å². The Hall–Kier alpha value is -0.730. The topological polar surface area (TPSA) is 46.2 Å². The van der Waals surface area contributed by atoms with E-state index in [9.17, 15) is 5.11 Å². The van der Waals surface area contributed by atoms with Gasteiger partial charge in [-0.3, -0.25) is 0 Å². The van der Waals surface area contributed by atoms with Crippen LogP contribution < -0.4 is 5.73 Å². The summed E-state index contributed by atoms with van der Waals surface area (Å²) in [6.07, 6.45) is 0. The van der Waals surface area contributed by atoms with Crippen LogP contribution in [0.2, 0.25) is 5.02 Å². The van der Waals surface area contributed by atoms with Crippen molar-refractivity contribution in [1.29, 1.82) is 0 Å². The van der Waals surface area contributed by atoms with Gasteiger partial charge in [0.1, 0.15) is 5.75 Å². The number of nitrogens with two attached hydrogens (primary N) is 1. The fourth-order valence-corrected chi connectivity index (χ4v) is 1.30. The lowest BCUT2D eigenvalue weighted by Crippen LogP contribution is -1.97. The maximum atomic E-state index is 9.31. The monoisotopic (exact) mass is 171 g/mol. The number of hydrogen-bond donors (Lipinski definition) is 2. The van der Waals surface area contributed by atoms with Gasteiger partial charge in [-0.2, -0.15) is 0 Å². The summed E-state index contributed by atoms with van der Waals surface area (Å²) in [5.41, 5.74) is 6.90. The van der Waals surface area contributed by atoms with Gasteiger partial charge in [0.05, 0.1) is 0 Å². The summed E-state index contributed by atoms with van der Waals surface area (Å²) >= 11 is 5.79. The second kappa shape index (κ2) is 3.11. The molecule has 0 unspecified atom stereocenters. The molecule has 0 radical (unpaired) electrons. The van der Waals surface area contributed by atoms with E-state index < -0.39 is 0 Å². The maximum absolute atomic E-state index is 9.31. The third kappa shape index (κ3) is 1.64. The van der Waals surface area contributed by atoms with Crippen LogP contribution in [0.4, 0.5) is 0 Å². The molecule has 0 amide bonds. The Kier molecular flexibility index (Phi) is 2.37. The summed E-state index contributed by atoms with van der Waals surface area (Å²) in [4.78, 5) is 0. The summed E-state index contributed by atoms with van der Waals surface area (Å²) in [5, 5.41) is 9.84. The summed E-state index contributed by atoms with van der Waals surface area (Å²) in [5.74, 6) is 0.178. The smallest absolute Gasteiger partial charge is 0.121 e. The SMILES string of the molecule is Cc1cc(O)c(CN)c(Cl)c1. The van der Waals surface area contributed by atoms with E-state index >= 15 is 0 Å². The van der Waals surface area contributed by atoms with Gasteiger partial charge in [0.2, 0.25) is 0 Å². The first-order chi connectivity index (χ1) is 5.15. The summed E-state index contributed by atoms with van der Waals surface area (Å²) in [7, 11) is 0. The average Bonchev–Trinajstić information content (AvgIpc) is 1.85. The van der Waals surface area contributed by atoms with Crippen molar-refractivity contribution >= 4 is 11.6 Å². The molecule has 3 N–H and O–H groups in total. The van der Waals surface area contributed by atoms with E-state index in [1.807, 2.05) is 6.92 Å². The number of aryl methyl sites for hydroxylation is 1. The van der Waals surface area contributed by atoms with Crippen LogP contribution in [0.1, 0.15) is 11.1 Å². The minimum absolute atomic E-state index is 0.178. The van der Waals surface area contributed by atoms with E-state index in [1.54, 1.807) is 12.1 Å². The number of phenols is 1. The van der Waals surface area contributed by atoms with E-state index in [2.05, 4.69) is 0 Å². The third-order valence-corrected chi connectivity index (χ3v) is 1.86. The lowest BCUT2D eigenvalue weighted by molar-refractivity contribution is 0.468. The van der Waals surface area contributed by atoms with Crippen LogP contribution in [0.15, 0.2) is 12.1 Å². The molecule has 0 aliphatic heterocycles. The highest BCUT2D eigenvalue weighted by molar-refractivity contribution is 6.31. The summed E-state index contributed by atoms with van der Waals surface area (Å²) in [6.45, 7) is 2.14. The van der Waals surface area contributed by atoms with Crippen LogP contribution in [0.5, 0.6) is 5.75 Å². The highest BCUT2D eigenvalue weighted by Gasteiger charge is 2.04. The molecule has 0 heterocycles. The lowest BCUT2D eigenvalue weighted by Gasteiger charge is -2.04. The Morgan fingerprint density at radius 1 is 1.55 bits per heavy atom. The van der Waals surface area contributed by atoms with E-state index in [0.717, 1.165) is 5.56 Å². The molecule has 0 aliphatic rings. The van der Waals surface area contributed by atoms with Gasteiger partial charge in [-0.05, 0) is 24.6 Å². The first-order valence-corrected chi connectivity index (χ1v) is 3.71. The molecule has 0 saturated heterocycles. The molecule has 1 aromatic rings. The molecular formula is C8H10ClNO. The van der Waals surface area contributed by atoms with Crippen LogP contribution in [-0.4, -0.2) is 5.11 Å². The van der Waals surface area contributed by atoms with Gasteiger partial charge in [0.15, 0.2) is 0 Å². The van der Waals surface area contributed by atoms with E-state index in [4.69, 9.17) is 17.3 Å². The number of rotatable bonds is 1. The van der Waals surface area contributed by atoms with Gasteiger partial charge in [-0.1, -0.05) is 11.6 Å². The molecule has 1 rings (SSSR count). The van der Waals surface area contributed by atoms with Crippen molar-refractivity contribution < 1.29 is 5.11 Å². The molecule has 0 spiro atoms. The number of aromatic hydroxyl groups is 1. The molecule has 0 bridgehead atoms. The standard InChI is InChI=1S/C8H10ClNO/c1-5-2-7(9)6(4-10)8(11)3-5/h2-3,11H,4,10H2,1H3. The van der Waals surface area contributed by atoms with Crippen molar-refractivity contribution in [3.63, 3.8) is 0 Å². The summed E-state index contributed by atoms with van der Waals surface area (Å²) < 4.78 is 0. The highest BCUT2D eigenvalue weighted by atomic mass is 35.5. The van der Waals surface area contributed by atoms with Crippen LogP contribution in [0.3, 0.4) is 0 Å². The molecule has 60 valence electrons. The molecule has 0 aliphatic carbocycles. The first-order valence-electron chi connectivity index (χ1n) is 3.33. The number of hydrogen-bond acceptors (Lipinski definition) is 2. The molecule has 1 aromatic carbocycles. The van der Waals surface area contributed by atoms with Gasteiger partial charge in [-0.25, -0.2) is 0 Å². The van der Waals surface area contributed by atoms with E-state index in [-0.39, 0.29) is 12.3 Å². The van der Waals surface area contributed by atoms with Crippen molar-refractivity contribution in [3.8, 4) is 5.75 Å². The highest BCUT2D eigenvalue weighted by Crippen LogP contribution is 2.26. The molecule has 0 atom stereocenters. The van der Waals surface area contributed by atoms with Gasteiger partial charge < -0.3 is 10.8 Å². The zero-order valence-electron chi connectivity index (χ0n) is 6.26. The van der Waals surface area contributed by atoms with Crippen LogP contribution >= 0.6 is 11.6 Å². The molecule has 0 saturated carbocycles. The Balaban J connectivity index is 3.25. The molecule has 11 heavy (non-hydrogen) atoms. The molecule has 3 heteroatoms. The van der Waals surface area contributed by atoms with E-state index in [1.165, 1.54) is 0 Å². The second-order valence-electron chi connectivity index (χ2n) is 2.45. The fourth-order valence-electron chi connectivity index (χ4n) is 0.956. The Bertz CT molecular complexity index is 250. The zero-order valence-corrected chi connectivity index (χ0v) is 7.02. The minimum atomic E-state index is 0.178. The molecular weight excluding hydrogens is 162 g/mol. The first kappa shape index (κ1) is 8.37. The average molecular weight is 172 g/mol. The molecule has 0 aromatic heterocycles. The number of halogens is 1. The van der Waals surface area contributed by atoms with Crippen LogP contribution in [0.25, 0.3) is 0 Å². The van der Waals surface area contributed by atoms with Crippen molar-refractivity contribution in [2.24, 2.45) is 5.73 Å².